The Balaban J connectivity index is 1.51. The van der Waals surface area contributed by atoms with Crippen molar-refractivity contribution in [1.29, 1.82) is 0 Å². The largest absolute Gasteiger partial charge is 0.465 e. The molecule has 0 saturated carbocycles. The SMILES string of the molecule is O=C(CCCN1C(=O)/C(=C\c2ccco2)SC1=S)Nc1cccc(F)c1. The quantitative estimate of drug-likeness (QED) is 0.596. The van der Waals surface area contributed by atoms with Crippen LogP contribution in [0.5, 0.6) is 0 Å². The number of halogens is 1. The van der Waals surface area contributed by atoms with Gasteiger partial charge in [-0.2, -0.15) is 0 Å². The summed E-state index contributed by atoms with van der Waals surface area (Å²) in [4.78, 5) is 26.3. The minimum Gasteiger partial charge on any atom is -0.465 e. The zero-order valence-corrected chi connectivity index (χ0v) is 15.2. The van der Waals surface area contributed by atoms with E-state index >= 15 is 0 Å². The highest BCUT2D eigenvalue weighted by Crippen LogP contribution is 2.32. The lowest BCUT2D eigenvalue weighted by molar-refractivity contribution is -0.122. The Morgan fingerprint density at radius 2 is 2.19 bits per heavy atom. The van der Waals surface area contributed by atoms with Crippen molar-refractivity contribution >= 4 is 51.9 Å². The summed E-state index contributed by atoms with van der Waals surface area (Å²) >= 11 is 6.45. The molecule has 8 heteroatoms. The van der Waals surface area contributed by atoms with Crippen LogP contribution in [0.4, 0.5) is 10.1 Å². The Kier molecular flexibility index (Phi) is 5.85. The minimum absolute atomic E-state index is 0.193. The number of nitrogens with one attached hydrogen (secondary N) is 1. The monoisotopic (exact) mass is 390 g/mol. The second kappa shape index (κ2) is 8.29. The first kappa shape index (κ1) is 18.3. The molecule has 2 amide bonds. The number of furan rings is 1. The Morgan fingerprint density at radius 1 is 1.35 bits per heavy atom. The third kappa shape index (κ3) is 4.59. The van der Waals surface area contributed by atoms with Gasteiger partial charge in [0.05, 0.1) is 11.2 Å². The topological polar surface area (TPSA) is 62.6 Å². The van der Waals surface area contributed by atoms with E-state index in [1.807, 2.05) is 0 Å². The first-order chi connectivity index (χ1) is 12.5. The standard InChI is InChI=1S/C18H15FN2O3S2/c19-12-4-1-5-13(10-12)20-16(22)7-2-8-21-17(23)15(26-18(21)25)11-14-6-3-9-24-14/h1,3-6,9-11H,2,7-8H2,(H,20,22)/b15-11+. The van der Waals surface area contributed by atoms with E-state index in [-0.39, 0.29) is 18.2 Å². The summed E-state index contributed by atoms with van der Waals surface area (Å²) in [5.41, 5.74) is 0.405. The number of thiocarbonyl (C=S) groups is 1. The summed E-state index contributed by atoms with van der Waals surface area (Å²) in [7, 11) is 0. The maximum atomic E-state index is 13.1. The van der Waals surface area contributed by atoms with E-state index in [1.54, 1.807) is 24.3 Å². The molecule has 0 atom stereocenters. The number of hydrogen-bond donors (Lipinski definition) is 1. The number of nitrogens with zero attached hydrogens (tertiary/aromatic N) is 1. The highest BCUT2D eigenvalue weighted by molar-refractivity contribution is 8.26. The zero-order chi connectivity index (χ0) is 18.5. The van der Waals surface area contributed by atoms with Gasteiger partial charge in [-0.3, -0.25) is 14.5 Å². The van der Waals surface area contributed by atoms with E-state index in [0.717, 1.165) is 0 Å². The molecule has 2 aromatic rings. The van der Waals surface area contributed by atoms with Gasteiger partial charge in [-0.25, -0.2) is 4.39 Å². The summed E-state index contributed by atoms with van der Waals surface area (Å²) in [6.45, 7) is 0.344. The summed E-state index contributed by atoms with van der Waals surface area (Å²) in [5, 5.41) is 2.62. The number of carbonyl (C=O) groups is 2. The molecule has 1 aliphatic rings. The van der Waals surface area contributed by atoms with Gasteiger partial charge in [-0.15, -0.1) is 0 Å². The zero-order valence-electron chi connectivity index (χ0n) is 13.6. The van der Waals surface area contributed by atoms with Crippen LogP contribution in [0.25, 0.3) is 6.08 Å². The van der Waals surface area contributed by atoms with E-state index in [2.05, 4.69) is 5.32 Å². The van der Waals surface area contributed by atoms with Crippen molar-refractivity contribution in [2.45, 2.75) is 12.8 Å². The Labute approximate surface area is 159 Å². The first-order valence-corrected chi connectivity index (χ1v) is 9.10. The normalized spacial score (nSPS) is 15.7. The van der Waals surface area contributed by atoms with Crippen LogP contribution < -0.4 is 5.32 Å². The van der Waals surface area contributed by atoms with Gasteiger partial charge >= 0.3 is 0 Å². The van der Waals surface area contributed by atoms with Gasteiger partial charge < -0.3 is 9.73 Å². The van der Waals surface area contributed by atoms with Crippen molar-refractivity contribution in [2.75, 3.05) is 11.9 Å². The highest BCUT2D eigenvalue weighted by Gasteiger charge is 2.31. The van der Waals surface area contributed by atoms with Crippen molar-refractivity contribution in [2.24, 2.45) is 0 Å². The number of hydrogen-bond acceptors (Lipinski definition) is 5. The molecule has 1 fully saturated rings. The third-order valence-electron chi connectivity index (χ3n) is 3.58. The van der Waals surface area contributed by atoms with Crippen molar-refractivity contribution < 1.29 is 18.4 Å². The van der Waals surface area contributed by atoms with Crippen LogP contribution in [0.15, 0.2) is 52.0 Å². The predicted octanol–water partition coefficient (Wildman–Crippen LogP) is 4.04. The van der Waals surface area contributed by atoms with Crippen molar-refractivity contribution in [3.63, 3.8) is 0 Å². The summed E-state index contributed by atoms with van der Waals surface area (Å²) < 4.78 is 18.8. The third-order valence-corrected chi connectivity index (χ3v) is 4.96. The lowest BCUT2D eigenvalue weighted by Gasteiger charge is -2.14. The van der Waals surface area contributed by atoms with Crippen LogP contribution in [0.3, 0.4) is 0 Å². The summed E-state index contributed by atoms with van der Waals surface area (Å²) in [6, 6.07) is 9.19. The second-order valence-electron chi connectivity index (χ2n) is 5.51. The lowest BCUT2D eigenvalue weighted by Crippen LogP contribution is -2.29. The molecular formula is C18H15FN2O3S2. The van der Waals surface area contributed by atoms with Crippen LogP contribution in [0, 0.1) is 5.82 Å². The minimum atomic E-state index is -0.413. The van der Waals surface area contributed by atoms with Crippen molar-refractivity contribution in [3.05, 3.63) is 59.1 Å². The average Bonchev–Trinajstić information content (AvgIpc) is 3.19. The Hall–Kier alpha value is -2.45. The van der Waals surface area contributed by atoms with Gasteiger partial charge in [-0.05, 0) is 36.8 Å². The van der Waals surface area contributed by atoms with E-state index in [9.17, 15) is 14.0 Å². The molecule has 0 spiro atoms. The number of thioether (sulfide) groups is 1. The lowest BCUT2D eigenvalue weighted by atomic mass is 10.2. The number of carbonyl (C=O) groups excluding carboxylic acids is 2. The molecule has 5 nitrogen and oxygen atoms in total. The van der Waals surface area contributed by atoms with Gasteiger partial charge in [0, 0.05) is 24.7 Å². The molecule has 1 aliphatic heterocycles. The number of amides is 2. The van der Waals surface area contributed by atoms with E-state index in [4.69, 9.17) is 16.6 Å². The molecule has 2 heterocycles. The maximum absolute atomic E-state index is 13.1. The fourth-order valence-electron chi connectivity index (χ4n) is 2.38. The summed E-state index contributed by atoms with van der Waals surface area (Å²) in [5.74, 6) is -0.266. The van der Waals surface area contributed by atoms with Crippen LogP contribution in [-0.4, -0.2) is 27.6 Å². The molecule has 1 aromatic heterocycles. The van der Waals surface area contributed by atoms with Gasteiger partial charge in [0.15, 0.2) is 0 Å². The molecule has 134 valence electrons. The maximum Gasteiger partial charge on any atom is 0.266 e. The molecule has 26 heavy (non-hydrogen) atoms. The van der Waals surface area contributed by atoms with Gasteiger partial charge in [-0.1, -0.05) is 30.0 Å². The van der Waals surface area contributed by atoms with Crippen LogP contribution in [0.1, 0.15) is 18.6 Å². The summed E-state index contributed by atoms with van der Waals surface area (Å²) in [6.07, 6.45) is 3.83. The first-order valence-electron chi connectivity index (χ1n) is 7.87. The number of rotatable bonds is 6. The molecule has 1 saturated heterocycles. The molecule has 1 aromatic carbocycles. The molecule has 0 bridgehead atoms. The Morgan fingerprint density at radius 3 is 2.92 bits per heavy atom. The number of anilines is 1. The Bertz CT molecular complexity index is 865. The van der Waals surface area contributed by atoms with Gasteiger partial charge in [0.2, 0.25) is 5.91 Å². The van der Waals surface area contributed by atoms with Gasteiger partial charge in [0.1, 0.15) is 15.9 Å². The molecule has 0 unspecified atom stereocenters. The van der Waals surface area contributed by atoms with E-state index in [0.29, 0.717) is 33.6 Å². The highest BCUT2D eigenvalue weighted by atomic mass is 32.2. The molecule has 0 aliphatic carbocycles. The van der Waals surface area contributed by atoms with Crippen molar-refractivity contribution in [1.82, 2.24) is 4.90 Å². The fraction of sp³-hybridized carbons (Fsp3) is 0.167. The smallest absolute Gasteiger partial charge is 0.266 e. The van der Waals surface area contributed by atoms with Crippen molar-refractivity contribution in [3.8, 4) is 0 Å². The molecular weight excluding hydrogens is 375 g/mol. The van der Waals surface area contributed by atoms with E-state index in [1.165, 1.54) is 41.1 Å². The molecule has 1 N–H and O–H groups in total. The van der Waals surface area contributed by atoms with Crippen LogP contribution >= 0.6 is 24.0 Å². The number of benzene rings is 1. The molecule has 0 radical (unpaired) electrons. The van der Waals surface area contributed by atoms with Gasteiger partial charge in [0.25, 0.3) is 5.91 Å². The van der Waals surface area contributed by atoms with E-state index < -0.39 is 5.82 Å². The van der Waals surface area contributed by atoms with Crippen LogP contribution in [-0.2, 0) is 9.59 Å². The second-order valence-corrected chi connectivity index (χ2v) is 7.19. The predicted molar refractivity (Wildman–Crippen MR) is 103 cm³/mol. The molecule has 3 rings (SSSR count). The fourth-order valence-corrected chi connectivity index (χ4v) is 3.67. The van der Waals surface area contributed by atoms with Crippen LogP contribution in [0.2, 0.25) is 0 Å². The average molecular weight is 390 g/mol.